The molecule has 0 N–H and O–H groups in total. The molecule has 1 fully saturated rings. The molecule has 0 aromatic rings. The van der Waals surface area contributed by atoms with Crippen LogP contribution in [0.15, 0.2) is 12.2 Å². The second-order valence-corrected chi connectivity index (χ2v) is 5.09. The molecule has 3 atom stereocenters. The molecule has 2 rings (SSSR count). The van der Waals surface area contributed by atoms with Crippen LogP contribution in [0, 0.1) is 11.8 Å². The van der Waals surface area contributed by atoms with E-state index in [1.807, 2.05) is 0 Å². The molecule has 0 aromatic heterocycles. The largest absolute Gasteiger partial charge is 0.150 e. The van der Waals surface area contributed by atoms with Crippen molar-refractivity contribution in [1.29, 1.82) is 0 Å². The van der Waals surface area contributed by atoms with Crippen LogP contribution in [0.25, 0.3) is 0 Å². The number of thioether (sulfide) groups is 1. The van der Waals surface area contributed by atoms with Gasteiger partial charge in [0.15, 0.2) is 0 Å². The zero-order chi connectivity index (χ0) is 7.14. The molecular formula is C9H14S. The van der Waals surface area contributed by atoms with Gasteiger partial charge in [0, 0.05) is 10.5 Å². The van der Waals surface area contributed by atoms with Crippen molar-refractivity contribution in [3.63, 3.8) is 0 Å². The third-order valence-electron chi connectivity index (χ3n) is 2.49. The van der Waals surface area contributed by atoms with Gasteiger partial charge in [0.25, 0.3) is 0 Å². The average molecular weight is 154 g/mol. The van der Waals surface area contributed by atoms with Gasteiger partial charge in [-0.05, 0) is 18.3 Å². The van der Waals surface area contributed by atoms with Gasteiger partial charge in [-0.2, -0.15) is 11.8 Å². The Balaban J connectivity index is 2.09. The Morgan fingerprint density at radius 2 is 2.20 bits per heavy atom. The van der Waals surface area contributed by atoms with E-state index < -0.39 is 0 Å². The summed E-state index contributed by atoms with van der Waals surface area (Å²) in [4.78, 5) is 0. The fourth-order valence-corrected chi connectivity index (χ4v) is 3.63. The molecule has 0 amide bonds. The summed E-state index contributed by atoms with van der Waals surface area (Å²) in [6.07, 6.45) is 6.23. The lowest BCUT2D eigenvalue weighted by Gasteiger charge is -2.20. The lowest BCUT2D eigenvalue weighted by atomic mass is 9.96. The highest BCUT2D eigenvalue weighted by atomic mass is 32.2. The van der Waals surface area contributed by atoms with Crippen molar-refractivity contribution >= 4 is 11.8 Å². The smallest absolute Gasteiger partial charge is 0.0236 e. The highest BCUT2D eigenvalue weighted by Crippen LogP contribution is 2.47. The van der Waals surface area contributed by atoms with Crippen LogP contribution in [-0.4, -0.2) is 10.5 Å². The van der Waals surface area contributed by atoms with Crippen molar-refractivity contribution in [1.82, 2.24) is 0 Å². The SMILES string of the molecule is CC(C)C1SC2C=CC1C2. The van der Waals surface area contributed by atoms with Crippen LogP contribution in [0.4, 0.5) is 0 Å². The molecule has 2 aliphatic rings. The van der Waals surface area contributed by atoms with Crippen LogP contribution in [0.5, 0.6) is 0 Å². The standard InChI is InChI=1S/C9H14S/c1-6(2)9-7-3-4-8(5-7)10-9/h3-4,6-9H,5H2,1-2H3. The molecule has 1 aliphatic heterocycles. The van der Waals surface area contributed by atoms with Crippen molar-refractivity contribution in [2.75, 3.05) is 0 Å². The van der Waals surface area contributed by atoms with E-state index in [0.29, 0.717) is 0 Å². The monoisotopic (exact) mass is 154 g/mol. The first-order valence-electron chi connectivity index (χ1n) is 4.11. The molecule has 0 spiro atoms. The van der Waals surface area contributed by atoms with Gasteiger partial charge in [0.2, 0.25) is 0 Å². The van der Waals surface area contributed by atoms with Crippen molar-refractivity contribution in [3.05, 3.63) is 12.2 Å². The fourth-order valence-electron chi connectivity index (χ4n) is 1.99. The number of rotatable bonds is 1. The Morgan fingerprint density at radius 1 is 1.40 bits per heavy atom. The van der Waals surface area contributed by atoms with Gasteiger partial charge in [-0.25, -0.2) is 0 Å². The number of allylic oxidation sites excluding steroid dienone is 1. The number of hydrogen-bond acceptors (Lipinski definition) is 1. The summed E-state index contributed by atoms with van der Waals surface area (Å²) < 4.78 is 0. The summed E-state index contributed by atoms with van der Waals surface area (Å²) in [6, 6.07) is 0. The second-order valence-electron chi connectivity index (χ2n) is 3.67. The van der Waals surface area contributed by atoms with Crippen molar-refractivity contribution < 1.29 is 0 Å². The fraction of sp³-hybridized carbons (Fsp3) is 0.778. The predicted molar refractivity (Wildman–Crippen MR) is 47.3 cm³/mol. The molecule has 0 saturated carbocycles. The summed E-state index contributed by atoms with van der Waals surface area (Å²) >= 11 is 2.18. The average Bonchev–Trinajstić information content (AvgIpc) is 2.44. The van der Waals surface area contributed by atoms with Gasteiger partial charge in [-0.3, -0.25) is 0 Å². The maximum Gasteiger partial charge on any atom is 0.0236 e. The minimum Gasteiger partial charge on any atom is -0.150 e. The zero-order valence-electron chi connectivity index (χ0n) is 6.58. The number of fused-ring (bicyclic) bond motifs is 2. The van der Waals surface area contributed by atoms with Gasteiger partial charge in [0.05, 0.1) is 0 Å². The maximum absolute atomic E-state index is 2.42. The minimum atomic E-state index is 0.866. The van der Waals surface area contributed by atoms with Gasteiger partial charge in [-0.15, -0.1) is 0 Å². The maximum atomic E-state index is 2.42. The van der Waals surface area contributed by atoms with E-state index in [1.165, 1.54) is 6.42 Å². The molecule has 10 heavy (non-hydrogen) atoms. The molecule has 0 radical (unpaired) electrons. The summed E-state index contributed by atoms with van der Waals surface area (Å²) in [6.45, 7) is 4.68. The number of hydrogen-bond donors (Lipinski definition) is 0. The predicted octanol–water partition coefficient (Wildman–Crippen LogP) is 2.70. The van der Waals surface area contributed by atoms with E-state index in [9.17, 15) is 0 Å². The second kappa shape index (κ2) is 2.30. The van der Waals surface area contributed by atoms with E-state index in [0.717, 1.165) is 22.3 Å². The van der Waals surface area contributed by atoms with E-state index in [-0.39, 0.29) is 0 Å². The first-order chi connectivity index (χ1) is 4.77. The summed E-state index contributed by atoms with van der Waals surface area (Å²) in [5.74, 6) is 1.78. The minimum absolute atomic E-state index is 0.866. The molecular weight excluding hydrogens is 140 g/mol. The molecule has 1 aliphatic carbocycles. The van der Waals surface area contributed by atoms with E-state index in [4.69, 9.17) is 0 Å². The van der Waals surface area contributed by atoms with E-state index >= 15 is 0 Å². The third kappa shape index (κ3) is 0.914. The quantitative estimate of drug-likeness (QED) is 0.523. The van der Waals surface area contributed by atoms with Gasteiger partial charge >= 0.3 is 0 Å². The molecule has 1 heteroatoms. The van der Waals surface area contributed by atoms with Gasteiger partial charge in [0.1, 0.15) is 0 Å². The molecule has 56 valence electrons. The van der Waals surface area contributed by atoms with Crippen LogP contribution < -0.4 is 0 Å². The van der Waals surface area contributed by atoms with Crippen molar-refractivity contribution in [3.8, 4) is 0 Å². The van der Waals surface area contributed by atoms with Crippen molar-refractivity contribution in [2.24, 2.45) is 11.8 Å². The first-order valence-corrected chi connectivity index (χ1v) is 5.05. The molecule has 0 aromatic carbocycles. The van der Waals surface area contributed by atoms with Gasteiger partial charge < -0.3 is 0 Å². The molecule has 2 bridgehead atoms. The Bertz CT molecular complexity index is 160. The van der Waals surface area contributed by atoms with Crippen LogP contribution in [0.1, 0.15) is 20.3 Å². The van der Waals surface area contributed by atoms with E-state index in [1.54, 1.807) is 0 Å². The van der Waals surface area contributed by atoms with Crippen LogP contribution >= 0.6 is 11.8 Å². The molecule has 1 heterocycles. The van der Waals surface area contributed by atoms with Gasteiger partial charge in [-0.1, -0.05) is 26.0 Å². The highest BCUT2D eigenvalue weighted by molar-refractivity contribution is 8.01. The Morgan fingerprint density at radius 3 is 2.50 bits per heavy atom. The van der Waals surface area contributed by atoms with E-state index in [2.05, 4.69) is 37.8 Å². The Hall–Kier alpha value is 0.0900. The summed E-state index contributed by atoms with van der Waals surface area (Å²) in [7, 11) is 0. The molecule has 1 saturated heterocycles. The topological polar surface area (TPSA) is 0 Å². The molecule has 0 nitrogen and oxygen atoms in total. The zero-order valence-corrected chi connectivity index (χ0v) is 7.40. The normalized spacial score (nSPS) is 43.7. The highest BCUT2D eigenvalue weighted by Gasteiger charge is 2.37. The Kier molecular flexibility index (Phi) is 1.56. The molecule has 3 unspecified atom stereocenters. The lowest BCUT2D eigenvalue weighted by Crippen LogP contribution is -2.16. The van der Waals surface area contributed by atoms with Crippen LogP contribution in [-0.2, 0) is 0 Å². The first kappa shape index (κ1) is 6.78. The van der Waals surface area contributed by atoms with Crippen LogP contribution in [0.2, 0.25) is 0 Å². The summed E-state index contributed by atoms with van der Waals surface area (Å²) in [5, 5.41) is 1.80. The lowest BCUT2D eigenvalue weighted by molar-refractivity contribution is 0.511. The third-order valence-corrected chi connectivity index (χ3v) is 4.40. The van der Waals surface area contributed by atoms with Crippen molar-refractivity contribution in [2.45, 2.75) is 30.8 Å². The Labute approximate surface area is 67.1 Å². The summed E-state index contributed by atoms with van der Waals surface area (Å²) in [5.41, 5.74) is 0. The van der Waals surface area contributed by atoms with Crippen LogP contribution in [0.3, 0.4) is 0 Å².